The van der Waals surface area contributed by atoms with Crippen LogP contribution in [0.3, 0.4) is 0 Å². The molecular weight excluding hydrogens is 228 g/mol. The molecule has 4 nitrogen and oxygen atoms in total. The first-order valence-electron chi connectivity index (χ1n) is 6.42. The van der Waals surface area contributed by atoms with Crippen LogP contribution in [0.2, 0.25) is 0 Å². The number of amides is 2. The third-order valence-electron chi connectivity index (χ3n) is 3.81. The standard InChI is InChI=1S/C14H16N2O2/c17-13(10-5-2-1-3-6-10)15-12-9-11-7-4-8-16(11)14(12)18/h1-3,5-6,11-12H,4,7-9H2,(H,15,17)/t11-,12-/m1/s1. The Labute approximate surface area is 106 Å². The number of benzene rings is 1. The Balaban J connectivity index is 1.68. The van der Waals surface area contributed by atoms with Crippen molar-refractivity contribution in [2.75, 3.05) is 6.54 Å². The van der Waals surface area contributed by atoms with Crippen LogP contribution in [0.25, 0.3) is 0 Å². The van der Waals surface area contributed by atoms with E-state index in [0.29, 0.717) is 11.6 Å². The largest absolute Gasteiger partial charge is 0.340 e. The predicted octanol–water partition coefficient (Wildman–Crippen LogP) is 1.18. The number of carbonyl (C=O) groups excluding carboxylic acids is 2. The Kier molecular flexibility index (Phi) is 2.78. The van der Waals surface area contributed by atoms with E-state index in [9.17, 15) is 9.59 Å². The zero-order valence-corrected chi connectivity index (χ0v) is 10.1. The van der Waals surface area contributed by atoms with Crippen molar-refractivity contribution in [1.82, 2.24) is 10.2 Å². The molecule has 4 heteroatoms. The van der Waals surface area contributed by atoms with E-state index in [2.05, 4.69) is 5.32 Å². The maximum Gasteiger partial charge on any atom is 0.251 e. The molecular formula is C14H16N2O2. The van der Waals surface area contributed by atoms with Crippen molar-refractivity contribution >= 4 is 11.8 Å². The molecule has 0 aliphatic carbocycles. The monoisotopic (exact) mass is 244 g/mol. The van der Waals surface area contributed by atoms with E-state index in [1.165, 1.54) is 0 Å². The zero-order chi connectivity index (χ0) is 12.5. The molecule has 2 amide bonds. The summed E-state index contributed by atoms with van der Waals surface area (Å²) in [6, 6.07) is 9.05. The van der Waals surface area contributed by atoms with Gasteiger partial charge in [0.2, 0.25) is 5.91 Å². The molecule has 2 heterocycles. The van der Waals surface area contributed by atoms with E-state index in [0.717, 1.165) is 25.8 Å². The molecule has 0 spiro atoms. The van der Waals surface area contributed by atoms with Crippen molar-refractivity contribution in [2.24, 2.45) is 0 Å². The molecule has 3 rings (SSSR count). The van der Waals surface area contributed by atoms with Gasteiger partial charge in [0.15, 0.2) is 0 Å². The Morgan fingerprint density at radius 2 is 2.06 bits per heavy atom. The highest BCUT2D eigenvalue weighted by Crippen LogP contribution is 2.28. The maximum atomic E-state index is 12.1. The number of carbonyl (C=O) groups is 2. The van der Waals surface area contributed by atoms with Gasteiger partial charge < -0.3 is 10.2 Å². The minimum Gasteiger partial charge on any atom is -0.340 e. The quantitative estimate of drug-likeness (QED) is 0.849. The summed E-state index contributed by atoms with van der Waals surface area (Å²) in [7, 11) is 0. The van der Waals surface area contributed by atoms with E-state index < -0.39 is 0 Å². The van der Waals surface area contributed by atoms with Gasteiger partial charge in [-0.25, -0.2) is 0 Å². The van der Waals surface area contributed by atoms with Gasteiger partial charge in [-0.2, -0.15) is 0 Å². The van der Waals surface area contributed by atoms with Crippen molar-refractivity contribution in [2.45, 2.75) is 31.3 Å². The van der Waals surface area contributed by atoms with Crippen LogP contribution in [0.4, 0.5) is 0 Å². The highest BCUT2D eigenvalue weighted by atomic mass is 16.2. The predicted molar refractivity (Wildman–Crippen MR) is 67.0 cm³/mol. The van der Waals surface area contributed by atoms with Gasteiger partial charge in [0, 0.05) is 18.2 Å². The third kappa shape index (κ3) is 1.88. The summed E-state index contributed by atoms with van der Waals surface area (Å²) in [6.07, 6.45) is 2.93. The summed E-state index contributed by atoms with van der Waals surface area (Å²) in [5.41, 5.74) is 0.609. The Morgan fingerprint density at radius 3 is 2.78 bits per heavy atom. The second-order valence-electron chi connectivity index (χ2n) is 4.96. The lowest BCUT2D eigenvalue weighted by Crippen LogP contribution is -2.41. The highest BCUT2D eigenvalue weighted by Gasteiger charge is 2.42. The molecule has 0 aromatic heterocycles. The molecule has 1 aromatic rings. The topological polar surface area (TPSA) is 49.4 Å². The number of hydrogen-bond acceptors (Lipinski definition) is 2. The molecule has 94 valence electrons. The lowest BCUT2D eigenvalue weighted by Gasteiger charge is -2.14. The third-order valence-corrected chi connectivity index (χ3v) is 3.81. The van der Waals surface area contributed by atoms with Crippen LogP contribution in [-0.4, -0.2) is 35.3 Å². The lowest BCUT2D eigenvalue weighted by molar-refractivity contribution is -0.129. The fourth-order valence-electron chi connectivity index (χ4n) is 2.90. The van der Waals surface area contributed by atoms with E-state index >= 15 is 0 Å². The number of nitrogens with one attached hydrogen (secondary N) is 1. The number of fused-ring (bicyclic) bond motifs is 1. The smallest absolute Gasteiger partial charge is 0.251 e. The van der Waals surface area contributed by atoms with Crippen LogP contribution in [0.5, 0.6) is 0 Å². The Hall–Kier alpha value is -1.84. The van der Waals surface area contributed by atoms with Crippen molar-refractivity contribution in [1.29, 1.82) is 0 Å². The molecule has 18 heavy (non-hydrogen) atoms. The first kappa shape index (κ1) is 11.3. The van der Waals surface area contributed by atoms with E-state index in [-0.39, 0.29) is 17.9 Å². The summed E-state index contributed by atoms with van der Waals surface area (Å²) in [5.74, 6) is -0.0723. The van der Waals surface area contributed by atoms with Crippen molar-refractivity contribution in [3.8, 4) is 0 Å². The molecule has 2 atom stereocenters. The fourth-order valence-corrected chi connectivity index (χ4v) is 2.90. The van der Waals surface area contributed by atoms with Gasteiger partial charge in [-0.1, -0.05) is 18.2 Å². The van der Waals surface area contributed by atoms with Gasteiger partial charge in [0.25, 0.3) is 5.91 Å². The van der Waals surface area contributed by atoms with Gasteiger partial charge in [-0.05, 0) is 31.4 Å². The lowest BCUT2D eigenvalue weighted by atomic mass is 10.1. The molecule has 0 saturated carbocycles. The average Bonchev–Trinajstić information content (AvgIpc) is 2.95. The first-order chi connectivity index (χ1) is 8.75. The summed E-state index contributed by atoms with van der Waals surface area (Å²) >= 11 is 0. The van der Waals surface area contributed by atoms with E-state index in [1.54, 1.807) is 12.1 Å². The summed E-state index contributed by atoms with van der Waals surface area (Å²) in [4.78, 5) is 26.0. The van der Waals surface area contributed by atoms with Crippen LogP contribution in [0, 0.1) is 0 Å². The van der Waals surface area contributed by atoms with Gasteiger partial charge in [-0.3, -0.25) is 9.59 Å². The van der Waals surface area contributed by atoms with E-state index in [4.69, 9.17) is 0 Å². The van der Waals surface area contributed by atoms with Crippen LogP contribution in [0.1, 0.15) is 29.6 Å². The molecule has 2 saturated heterocycles. The SMILES string of the molecule is O=C(N[C@@H]1C[C@H]2CCCN2C1=O)c1ccccc1. The molecule has 0 unspecified atom stereocenters. The summed E-state index contributed by atoms with van der Waals surface area (Å²) < 4.78 is 0. The van der Waals surface area contributed by atoms with E-state index in [1.807, 2.05) is 23.1 Å². The van der Waals surface area contributed by atoms with Gasteiger partial charge in [0.05, 0.1) is 0 Å². The van der Waals surface area contributed by atoms with Crippen LogP contribution in [-0.2, 0) is 4.79 Å². The van der Waals surface area contributed by atoms with Gasteiger partial charge >= 0.3 is 0 Å². The molecule has 0 radical (unpaired) electrons. The molecule has 2 aliphatic rings. The maximum absolute atomic E-state index is 12.1. The second kappa shape index (κ2) is 4.44. The minimum absolute atomic E-state index is 0.0850. The highest BCUT2D eigenvalue weighted by molar-refractivity contribution is 5.98. The van der Waals surface area contributed by atoms with Crippen molar-refractivity contribution < 1.29 is 9.59 Å². The molecule has 1 N–H and O–H groups in total. The van der Waals surface area contributed by atoms with Crippen LogP contribution < -0.4 is 5.32 Å². The Morgan fingerprint density at radius 1 is 1.28 bits per heavy atom. The second-order valence-corrected chi connectivity index (χ2v) is 4.96. The van der Waals surface area contributed by atoms with Crippen molar-refractivity contribution in [3.05, 3.63) is 35.9 Å². The molecule has 1 aromatic carbocycles. The normalized spacial score (nSPS) is 26.2. The molecule has 2 fully saturated rings. The van der Waals surface area contributed by atoms with Gasteiger partial charge in [-0.15, -0.1) is 0 Å². The van der Waals surface area contributed by atoms with Gasteiger partial charge in [0.1, 0.15) is 6.04 Å². The average molecular weight is 244 g/mol. The van der Waals surface area contributed by atoms with Crippen LogP contribution in [0.15, 0.2) is 30.3 Å². The minimum atomic E-state index is -0.331. The molecule has 2 aliphatic heterocycles. The Bertz CT molecular complexity index is 472. The molecule has 0 bridgehead atoms. The number of rotatable bonds is 2. The number of hydrogen-bond donors (Lipinski definition) is 1. The fraction of sp³-hybridized carbons (Fsp3) is 0.429. The first-order valence-corrected chi connectivity index (χ1v) is 6.42. The summed E-state index contributed by atoms with van der Waals surface area (Å²) in [5, 5.41) is 2.84. The number of nitrogens with zero attached hydrogens (tertiary/aromatic N) is 1. The van der Waals surface area contributed by atoms with Crippen molar-refractivity contribution in [3.63, 3.8) is 0 Å². The summed E-state index contributed by atoms with van der Waals surface area (Å²) in [6.45, 7) is 0.848. The van der Waals surface area contributed by atoms with Crippen LogP contribution >= 0.6 is 0 Å². The zero-order valence-electron chi connectivity index (χ0n) is 10.1.